The Hall–Kier alpha value is -1.03. The van der Waals surface area contributed by atoms with Crippen LogP contribution in [0.5, 0.6) is 0 Å². The fourth-order valence-electron chi connectivity index (χ4n) is 0.531. The van der Waals surface area contributed by atoms with E-state index in [1.54, 1.807) is 7.11 Å². The van der Waals surface area contributed by atoms with E-state index in [1.807, 2.05) is 20.8 Å². The number of methoxy groups -OCH3 is 1. The maximum Gasteiger partial charge on any atom is 0.158 e. The highest BCUT2D eigenvalue weighted by Crippen LogP contribution is 2.27. The molecule has 0 amide bonds. The Morgan fingerprint density at radius 1 is 1.39 bits per heavy atom. The Bertz CT molecular complexity index is 341. The normalized spacial score (nSPS) is 13.1. The molecule has 0 saturated heterocycles. The van der Waals surface area contributed by atoms with Gasteiger partial charge >= 0.3 is 0 Å². The molecule has 0 spiro atoms. The molecule has 6 N–H and O–H groups in total. The molecule has 0 radical (unpaired) electrons. The Labute approximate surface area is 115 Å². The zero-order valence-electron chi connectivity index (χ0n) is 11.4. The van der Waals surface area contributed by atoms with Gasteiger partial charge in [-0.25, -0.2) is 0 Å². The summed E-state index contributed by atoms with van der Waals surface area (Å²) in [6.07, 6.45) is 2.32. The molecule has 6 heteroatoms. The molecule has 0 aromatic heterocycles. The van der Waals surface area contributed by atoms with Crippen LogP contribution in [0.25, 0.3) is 0 Å². The number of hydrogen-bond donors (Lipinski definition) is 3. The number of rotatable bonds is 0. The molecule has 0 aromatic rings. The van der Waals surface area contributed by atoms with Gasteiger partial charge in [0, 0.05) is 14.5 Å². The molecule has 1 fully saturated rings. The average molecular weight is 275 g/mol. The van der Waals surface area contributed by atoms with Gasteiger partial charge in [-0.3, -0.25) is 10.8 Å². The highest BCUT2D eigenvalue weighted by Gasteiger charge is 2.17. The van der Waals surface area contributed by atoms with Gasteiger partial charge in [0.1, 0.15) is 5.04 Å². The zero-order valence-corrected chi connectivity index (χ0v) is 12.2. The molecule has 0 bridgehead atoms. The van der Waals surface area contributed by atoms with Crippen molar-refractivity contribution in [2.45, 2.75) is 39.2 Å². The lowest BCUT2D eigenvalue weighted by Gasteiger charge is -2.14. The molecule has 1 rings (SSSR count). The SMILES string of the molecule is COC(C)(C)C.N=C(N)SC(=N)C#CC1CC1.O.[HH]. The van der Waals surface area contributed by atoms with Crippen LogP contribution in [-0.2, 0) is 4.74 Å². The minimum absolute atomic E-state index is 0. The number of nitrogens with two attached hydrogens (primary N) is 1. The van der Waals surface area contributed by atoms with Crippen LogP contribution in [-0.4, -0.2) is 28.4 Å². The quantitative estimate of drug-likeness (QED) is 0.356. The second kappa shape index (κ2) is 8.97. The maximum atomic E-state index is 7.21. The summed E-state index contributed by atoms with van der Waals surface area (Å²) in [7, 11) is 1.71. The summed E-state index contributed by atoms with van der Waals surface area (Å²) < 4.78 is 4.94. The summed E-state index contributed by atoms with van der Waals surface area (Å²) in [5, 5.41) is 14.2. The Morgan fingerprint density at radius 3 is 2.11 bits per heavy atom. The first-order valence-corrected chi connectivity index (χ1v) is 6.23. The van der Waals surface area contributed by atoms with Gasteiger partial charge < -0.3 is 15.9 Å². The van der Waals surface area contributed by atoms with Crippen molar-refractivity contribution >= 4 is 22.0 Å². The first kappa shape index (κ1) is 19.3. The Morgan fingerprint density at radius 2 is 1.83 bits per heavy atom. The third-order valence-corrected chi connectivity index (χ3v) is 2.32. The van der Waals surface area contributed by atoms with Gasteiger partial charge in [0.15, 0.2) is 5.17 Å². The molecule has 18 heavy (non-hydrogen) atoms. The standard InChI is InChI=1S/C7H9N3S.C5H12O.H2O.H2/c8-6(11-7(9)10)4-3-5-1-2-5;1-5(2,3)6-4;;/h5,8H,1-2H2,(H3,9,10);1-4H3;1H2;1H. The monoisotopic (exact) mass is 275 g/mol. The molecule has 5 nitrogen and oxygen atoms in total. The second-order valence-electron chi connectivity index (χ2n) is 4.66. The predicted molar refractivity (Wildman–Crippen MR) is 80.2 cm³/mol. The topological polar surface area (TPSA) is 114 Å². The molecular weight excluding hydrogens is 250 g/mol. The minimum Gasteiger partial charge on any atom is -0.412 e. The second-order valence-corrected chi connectivity index (χ2v) is 5.71. The van der Waals surface area contributed by atoms with Crippen molar-refractivity contribution in [3.8, 4) is 11.8 Å². The number of ether oxygens (including phenoxy) is 1. The molecule has 0 aliphatic heterocycles. The fourth-order valence-corrected chi connectivity index (χ4v) is 0.861. The largest absolute Gasteiger partial charge is 0.412 e. The van der Waals surface area contributed by atoms with Crippen LogP contribution in [0.4, 0.5) is 0 Å². The maximum absolute atomic E-state index is 7.21. The number of nitrogens with one attached hydrogen (secondary N) is 2. The van der Waals surface area contributed by atoms with E-state index in [9.17, 15) is 0 Å². The predicted octanol–water partition coefficient (Wildman–Crippen LogP) is 1.86. The lowest BCUT2D eigenvalue weighted by Crippen LogP contribution is -2.15. The molecule has 0 unspecified atom stereocenters. The van der Waals surface area contributed by atoms with Crippen LogP contribution < -0.4 is 5.73 Å². The average Bonchev–Trinajstić information content (AvgIpc) is 2.97. The van der Waals surface area contributed by atoms with Crippen molar-refractivity contribution in [2.24, 2.45) is 11.7 Å². The minimum atomic E-state index is -0.0694. The van der Waals surface area contributed by atoms with Gasteiger partial charge in [-0.05, 0) is 51.3 Å². The summed E-state index contributed by atoms with van der Waals surface area (Å²) in [6, 6.07) is 0. The molecule has 1 saturated carbocycles. The van der Waals surface area contributed by atoms with Gasteiger partial charge in [-0.2, -0.15) is 0 Å². The van der Waals surface area contributed by atoms with Gasteiger partial charge in [0.2, 0.25) is 0 Å². The van der Waals surface area contributed by atoms with E-state index in [4.69, 9.17) is 21.3 Å². The smallest absolute Gasteiger partial charge is 0.158 e. The van der Waals surface area contributed by atoms with Crippen molar-refractivity contribution in [2.75, 3.05) is 7.11 Å². The highest BCUT2D eigenvalue weighted by atomic mass is 32.2. The molecule has 0 atom stereocenters. The third-order valence-electron chi connectivity index (χ3n) is 1.79. The van der Waals surface area contributed by atoms with Crippen LogP contribution in [0.15, 0.2) is 0 Å². The van der Waals surface area contributed by atoms with E-state index >= 15 is 0 Å². The first-order valence-electron chi connectivity index (χ1n) is 5.41. The molecule has 1 aliphatic carbocycles. The molecule has 1 aliphatic rings. The van der Waals surface area contributed by atoms with Crippen molar-refractivity contribution in [3.05, 3.63) is 0 Å². The van der Waals surface area contributed by atoms with Gasteiger partial charge in [0.05, 0.1) is 5.60 Å². The fraction of sp³-hybridized carbons (Fsp3) is 0.667. The van der Waals surface area contributed by atoms with Crippen LogP contribution in [0.1, 0.15) is 35.0 Å². The van der Waals surface area contributed by atoms with E-state index in [2.05, 4.69) is 11.8 Å². The van der Waals surface area contributed by atoms with E-state index in [-0.39, 0.29) is 22.7 Å². The summed E-state index contributed by atoms with van der Waals surface area (Å²) in [6.45, 7) is 6.06. The lowest BCUT2D eigenvalue weighted by molar-refractivity contribution is 0.0397. The van der Waals surface area contributed by atoms with Crippen molar-refractivity contribution in [3.63, 3.8) is 0 Å². The molecule has 0 aromatic carbocycles. The molecule has 106 valence electrons. The Balaban J connectivity index is -0.000000282. The summed E-state index contributed by atoms with van der Waals surface area (Å²) in [5.41, 5.74) is 5.09. The Kier molecular flexibility index (Phi) is 9.63. The summed E-state index contributed by atoms with van der Waals surface area (Å²) in [4.78, 5) is 0. The van der Waals surface area contributed by atoms with Gasteiger partial charge in [-0.1, -0.05) is 5.92 Å². The van der Waals surface area contributed by atoms with Crippen molar-refractivity contribution < 1.29 is 11.6 Å². The van der Waals surface area contributed by atoms with E-state index in [0.717, 1.165) is 24.6 Å². The number of thioether (sulfide) groups is 1. The van der Waals surface area contributed by atoms with Crippen LogP contribution in [0, 0.1) is 28.6 Å². The van der Waals surface area contributed by atoms with Crippen molar-refractivity contribution in [1.82, 2.24) is 0 Å². The van der Waals surface area contributed by atoms with Gasteiger partial charge in [-0.15, -0.1) is 0 Å². The molecular formula is C12H25N3O2S. The van der Waals surface area contributed by atoms with E-state index in [1.165, 1.54) is 0 Å². The summed E-state index contributed by atoms with van der Waals surface area (Å²) >= 11 is 0.895. The number of hydrogen-bond acceptors (Lipinski definition) is 4. The van der Waals surface area contributed by atoms with Crippen LogP contribution in [0.3, 0.4) is 0 Å². The summed E-state index contributed by atoms with van der Waals surface area (Å²) in [5.74, 6) is 6.07. The van der Waals surface area contributed by atoms with Crippen LogP contribution >= 0.6 is 11.8 Å². The van der Waals surface area contributed by atoms with E-state index < -0.39 is 0 Å². The molecule has 0 heterocycles. The van der Waals surface area contributed by atoms with E-state index in [0.29, 0.717) is 5.92 Å². The zero-order chi connectivity index (χ0) is 13.5. The van der Waals surface area contributed by atoms with Gasteiger partial charge in [0.25, 0.3) is 0 Å². The lowest BCUT2D eigenvalue weighted by atomic mass is 10.2. The van der Waals surface area contributed by atoms with Crippen molar-refractivity contribution in [1.29, 1.82) is 10.8 Å². The number of amidine groups is 1. The van der Waals surface area contributed by atoms with Crippen LogP contribution in [0.2, 0.25) is 0 Å². The third kappa shape index (κ3) is 15.0. The first-order chi connectivity index (χ1) is 7.74. The highest BCUT2D eigenvalue weighted by molar-refractivity contribution is 8.26.